The number of alkyl halides is 2. The molecule has 1 saturated heterocycles. The molecule has 1 aliphatic rings. The number of hydrogen-bond acceptors (Lipinski definition) is 4. The first-order chi connectivity index (χ1) is 10.6. The van der Waals surface area contributed by atoms with Crippen molar-refractivity contribution in [2.75, 3.05) is 6.54 Å². The van der Waals surface area contributed by atoms with Crippen molar-refractivity contribution in [2.45, 2.75) is 24.9 Å². The molecule has 24 heavy (non-hydrogen) atoms. The molecule has 1 atom stereocenters. The number of hydrogen-bond donors (Lipinski definition) is 2. The van der Waals surface area contributed by atoms with Crippen molar-refractivity contribution in [1.82, 2.24) is 25.2 Å². The van der Waals surface area contributed by atoms with E-state index in [1.807, 2.05) is 6.07 Å². The zero-order chi connectivity index (χ0) is 15.6. The fraction of sp³-hybridized carbons (Fsp3) is 0.357. The Bertz CT molecular complexity index is 669. The van der Waals surface area contributed by atoms with Crippen LogP contribution in [-0.2, 0) is 11.3 Å². The van der Waals surface area contributed by atoms with E-state index in [-0.39, 0.29) is 31.4 Å². The first-order valence-corrected chi connectivity index (χ1v) is 6.86. The Kier molecular flexibility index (Phi) is 7.07. The number of halogens is 4. The summed E-state index contributed by atoms with van der Waals surface area (Å²) >= 11 is 0. The third-order valence-electron chi connectivity index (χ3n) is 3.50. The largest absolute Gasteiger partial charge is 0.351 e. The summed E-state index contributed by atoms with van der Waals surface area (Å²) < 4.78 is 27.9. The fourth-order valence-corrected chi connectivity index (χ4v) is 2.39. The number of amides is 1. The topological polar surface area (TPSA) is 71.8 Å². The van der Waals surface area contributed by atoms with E-state index < -0.39 is 30.8 Å². The van der Waals surface area contributed by atoms with Gasteiger partial charge in [-0.2, -0.15) is 0 Å². The van der Waals surface area contributed by atoms with Gasteiger partial charge >= 0.3 is 0 Å². The van der Waals surface area contributed by atoms with Crippen molar-refractivity contribution < 1.29 is 13.6 Å². The van der Waals surface area contributed by atoms with Crippen LogP contribution < -0.4 is 10.6 Å². The molecular weight excluding hydrogens is 363 g/mol. The summed E-state index contributed by atoms with van der Waals surface area (Å²) in [6, 6.07) is 2.71. The van der Waals surface area contributed by atoms with Crippen LogP contribution in [-0.4, -0.2) is 39.0 Å². The SMILES string of the molecule is Cl.Cl.O=C(NCc1cccnc1-n1ccnc1)C1CC(F)(F)CN1. The summed E-state index contributed by atoms with van der Waals surface area (Å²) in [7, 11) is 0. The second kappa shape index (κ2) is 8.36. The van der Waals surface area contributed by atoms with Crippen LogP contribution in [0.15, 0.2) is 37.1 Å². The number of imidazole rings is 1. The van der Waals surface area contributed by atoms with E-state index >= 15 is 0 Å². The van der Waals surface area contributed by atoms with Crippen LogP contribution in [0.4, 0.5) is 8.78 Å². The van der Waals surface area contributed by atoms with E-state index in [4.69, 9.17) is 0 Å². The normalized spacial score (nSPS) is 18.3. The first-order valence-electron chi connectivity index (χ1n) is 6.86. The zero-order valence-electron chi connectivity index (χ0n) is 12.5. The van der Waals surface area contributed by atoms with Crippen molar-refractivity contribution >= 4 is 30.7 Å². The van der Waals surface area contributed by atoms with Crippen LogP contribution in [0.2, 0.25) is 0 Å². The van der Waals surface area contributed by atoms with Gasteiger partial charge in [-0.1, -0.05) is 6.07 Å². The van der Waals surface area contributed by atoms with Crippen LogP contribution in [0.5, 0.6) is 0 Å². The van der Waals surface area contributed by atoms with E-state index in [0.717, 1.165) is 5.56 Å². The van der Waals surface area contributed by atoms with Gasteiger partial charge in [0.25, 0.3) is 5.92 Å². The molecule has 0 aromatic carbocycles. The van der Waals surface area contributed by atoms with Gasteiger partial charge in [0.1, 0.15) is 12.1 Å². The van der Waals surface area contributed by atoms with E-state index in [1.165, 1.54) is 0 Å². The lowest BCUT2D eigenvalue weighted by Crippen LogP contribution is -2.40. The van der Waals surface area contributed by atoms with E-state index in [1.54, 1.807) is 35.6 Å². The molecule has 10 heteroatoms. The maximum Gasteiger partial charge on any atom is 0.262 e. The van der Waals surface area contributed by atoms with Gasteiger partial charge in [0.2, 0.25) is 5.91 Å². The highest BCUT2D eigenvalue weighted by Gasteiger charge is 2.42. The standard InChI is InChI=1S/C14H15F2N5O.2ClH/c15-14(16)6-11(20-8-14)13(22)19-7-10-2-1-3-18-12(10)21-5-4-17-9-21;;/h1-5,9,11,20H,6-8H2,(H,19,22);2*1H. The van der Waals surface area contributed by atoms with Gasteiger partial charge in [-0.15, -0.1) is 24.8 Å². The van der Waals surface area contributed by atoms with Gasteiger partial charge in [-0.25, -0.2) is 18.7 Å². The predicted octanol–water partition coefficient (Wildman–Crippen LogP) is 1.72. The van der Waals surface area contributed by atoms with Gasteiger partial charge in [-0.3, -0.25) is 14.7 Å². The maximum atomic E-state index is 13.1. The van der Waals surface area contributed by atoms with E-state index in [0.29, 0.717) is 5.82 Å². The minimum Gasteiger partial charge on any atom is -0.351 e. The van der Waals surface area contributed by atoms with Gasteiger partial charge in [0.05, 0.1) is 12.6 Å². The second-order valence-corrected chi connectivity index (χ2v) is 5.17. The highest BCUT2D eigenvalue weighted by Crippen LogP contribution is 2.25. The molecule has 2 N–H and O–H groups in total. The molecule has 6 nitrogen and oxygen atoms in total. The van der Waals surface area contributed by atoms with Crippen LogP contribution in [0.3, 0.4) is 0 Å². The molecule has 0 aliphatic carbocycles. The Morgan fingerprint density at radius 1 is 1.42 bits per heavy atom. The second-order valence-electron chi connectivity index (χ2n) is 5.17. The fourth-order valence-electron chi connectivity index (χ4n) is 2.39. The zero-order valence-corrected chi connectivity index (χ0v) is 14.1. The number of nitrogens with zero attached hydrogens (tertiary/aromatic N) is 3. The van der Waals surface area contributed by atoms with E-state index in [2.05, 4.69) is 20.6 Å². The minimum atomic E-state index is -2.82. The number of carbonyl (C=O) groups excluding carboxylic acids is 1. The number of aromatic nitrogens is 3. The molecule has 0 saturated carbocycles. The Morgan fingerprint density at radius 3 is 2.83 bits per heavy atom. The van der Waals surface area contributed by atoms with Crippen LogP contribution in [0.1, 0.15) is 12.0 Å². The molecule has 0 bridgehead atoms. The molecular formula is C14H17Cl2F2N5O. The van der Waals surface area contributed by atoms with Crippen molar-refractivity contribution in [3.05, 3.63) is 42.6 Å². The average Bonchev–Trinajstić information content (AvgIpc) is 3.14. The lowest BCUT2D eigenvalue weighted by Gasteiger charge is -2.13. The molecule has 1 aliphatic heterocycles. The molecule has 0 spiro atoms. The molecule has 3 rings (SSSR count). The molecule has 3 heterocycles. The van der Waals surface area contributed by atoms with Gasteiger partial charge in [0.15, 0.2) is 0 Å². The number of carbonyl (C=O) groups is 1. The smallest absolute Gasteiger partial charge is 0.262 e. The van der Waals surface area contributed by atoms with Gasteiger partial charge in [0, 0.05) is 37.1 Å². The van der Waals surface area contributed by atoms with Crippen molar-refractivity contribution in [3.8, 4) is 5.82 Å². The Hall–Kier alpha value is -1.77. The third-order valence-corrected chi connectivity index (χ3v) is 3.50. The first kappa shape index (κ1) is 20.3. The molecule has 2 aromatic rings. The molecule has 0 radical (unpaired) electrons. The van der Waals surface area contributed by atoms with Crippen LogP contribution in [0.25, 0.3) is 5.82 Å². The minimum absolute atomic E-state index is 0. The quantitative estimate of drug-likeness (QED) is 0.848. The number of nitrogens with one attached hydrogen (secondary N) is 2. The van der Waals surface area contributed by atoms with Gasteiger partial charge < -0.3 is 5.32 Å². The Labute approximate surface area is 149 Å². The summed E-state index contributed by atoms with van der Waals surface area (Å²) in [6.07, 6.45) is 6.14. The molecule has 1 fully saturated rings. The third kappa shape index (κ3) is 4.62. The van der Waals surface area contributed by atoms with Crippen LogP contribution in [0, 0.1) is 0 Å². The highest BCUT2D eigenvalue weighted by molar-refractivity contribution is 5.85. The number of rotatable bonds is 4. The average molecular weight is 380 g/mol. The lowest BCUT2D eigenvalue weighted by molar-refractivity contribution is -0.123. The van der Waals surface area contributed by atoms with Crippen molar-refractivity contribution in [1.29, 1.82) is 0 Å². The summed E-state index contributed by atoms with van der Waals surface area (Å²) in [6.45, 7) is -0.248. The summed E-state index contributed by atoms with van der Waals surface area (Å²) in [4.78, 5) is 20.2. The van der Waals surface area contributed by atoms with E-state index in [9.17, 15) is 13.6 Å². The Balaban J connectivity index is 0.00000144. The van der Waals surface area contributed by atoms with Crippen molar-refractivity contribution in [2.24, 2.45) is 0 Å². The van der Waals surface area contributed by atoms with Gasteiger partial charge in [-0.05, 0) is 6.07 Å². The maximum absolute atomic E-state index is 13.1. The predicted molar refractivity (Wildman–Crippen MR) is 89.1 cm³/mol. The number of pyridine rings is 1. The summed E-state index contributed by atoms with van der Waals surface area (Å²) in [5.74, 6) is -2.61. The molecule has 132 valence electrons. The highest BCUT2D eigenvalue weighted by atomic mass is 35.5. The van der Waals surface area contributed by atoms with Crippen molar-refractivity contribution in [3.63, 3.8) is 0 Å². The molecule has 1 unspecified atom stereocenters. The summed E-state index contributed by atoms with van der Waals surface area (Å²) in [5.41, 5.74) is 0.776. The monoisotopic (exact) mass is 379 g/mol. The summed E-state index contributed by atoms with van der Waals surface area (Å²) in [5, 5.41) is 5.20. The lowest BCUT2D eigenvalue weighted by atomic mass is 10.1. The van der Waals surface area contributed by atoms with Crippen LogP contribution >= 0.6 is 24.8 Å². The Morgan fingerprint density at radius 2 is 2.21 bits per heavy atom. The molecule has 2 aromatic heterocycles. The molecule has 1 amide bonds.